The van der Waals surface area contributed by atoms with Crippen LogP contribution in [0.15, 0.2) is 6.07 Å². The number of ether oxygens (including phenoxy) is 1. The van der Waals surface area contributed by atoms with Crippen LogP contribution in [0.1, 0.15) is 73.6 Å². The Morgan fingerprint density at radius 3 is 2.38 bits per heavy atom. The molecule has 0 unspecified atom stereocenters. The SMILES string of the molecule is CCn1c(C)cc(C(=O)OCC(=O)NC2CCCCCCC2)c1C. The third-order valence-electron chi connectivity index (χ3n) is 4.91. The third-order valence-corrected chi connectivity index (χ3v) is 4.91. The normalized spacial score (nSPS) is 16.3. The van der Waals surface area contributed by atoms with Crippen molar-refractivity contribution in [1.29, 1.82) is 0 Å². The topological polar surface area (TPSA) is 60.3 Å². The zero-order chi connectivity index (χ0) is 17.5. The molecule has 24 heavy (non-hydrogen) atoms. The van der Waals surface area contributed by atoms with Gasteiger partial charge in [0, 0.05) is 24.0 Å². The molecule has 0 aliphatic heterocycles. The molecule has 0 radical (unpaired) electrons. The summed E-state index contributed by atoms with van der Waals surface area (Å²) in [5.74, 6) is -0.617. The summed E-state index contributed by atoms with van der Waals surface area (Å²) in [7, 11) is 0. The van der Waals surface area contributed by atoms with Gasteiger partial charge in [0.25, 0.3) is 5.91 Å². The van der Waals surface area contributed by atoms with E-state index in [1.807, 2.05) is 26.8 Å². The van der Waals surface area contributed by atoms with Gasteiger partial charge in [-0.2, -0.15) is 0 Å². The van der Waals surface area contributed by atoms with E-state index in [9.17, 15) is 9.59 Å². The number of aromatic nitrogens is 1. The Bertz CT molecular complexity index is 569. The predicted molar refractivity (Wildman–Crippen MR) is 94.1 cm³/mol. The number of hydrogen-bond acceptors (Lipinski definition) is 3. The number of hydrogen-bond donors (Lipinski definition) is 1. The van der Waals surface area contributed by atoms with Crippen LogP contribution in [-0.4, -0.2) is 29.1 Å². The fourth-order valence-corrected chi connectivity index (χ4v) is 3.57. The molecule has 1 heterocycles. The lowest BCUT2D eigenvalue weighted by molar-refractivity contribution is -0.125. The van der Waals surface area contributed by atoms with Crippen LogP contribution in [0.3, 0.4) is 0 Å². The molecule has 1 aromatic rings. The van der Waals surface area contributed by atoms with E-state index in [0.29, 0.717) is 5.56 Å². The van der Waals surface area contributed by atoms with E-state index < -0.39 is 5.97 Å². The van der Waals surface area contributed by atoms with Crippen molar-refractivity contribution in [2.75, 3.05) is 6.61 Å². The van der Waals surface area contributed by atoms with Crippen LogP contribution >= 0.6 is 0 Å². The van der Waals surface area contributed by atoms with Gasteiger partial charge in [0.05, 0.1) is 5.56 Å². The van der Waals surface area contributed by atoms with E-state index in [-0.39, 0.29) is 18.6 Å². The number of amides is 1. The Kier molecular flexibility index (Phi) is 6.88. The number of carbonyl (C=O) groups is 2. The number of nitrogens with one attached hydrogen (secondary N) is 1. The summed E-state index contributed by atoms with van der Waals surface area (Å²) in [5.41, 5.74) is 2.47. The van der Waals surface area contributed by atoms with E-state index in [1.165, 1.54) is 19.3 Å². The summed E-state index contributed by atoms with van der Waals surface area (Å²) >= 11 is 0. The van der Waals surface area contributed by atoms with Gasteiger partial charge in [-0.1, -0.05) is 32.1 Å². The first kappa shape index (κ1) is 18.6. The molecule has 0 atom stereocenters. The van der Waals surface area contributed by atoms with Crippen LogP contribution in [0.4, 0.5) is 0 Å². The summed E-state index contributed by atoms with van der Waals surface area (Å²) in [6.45, 7) is 6.52. The first-order valence-corrected chi connectivity index (χ1v) is 9.16. The van der Waals surface area contributed by atoms with Crippen molar-refractivity contribution >= 4 is 11.9 Å². The molecule has 1 aromatic heterocycles. The number of esters is 1. The molecule has 134 valence electrons. The number of rotatable bonds is 5. The van der Waals surface area contributed by atoms with E-state index in [0.717, 1.165) is 43.6 Å². The van der Waals surface area contributed by atoms with Crippen LogP contribution < -0.4 is 5.32 Å². The highest BCUT2D eigenvalue weighted by molar-refractivity contribution is 5.92. The van der Waals surface area contributed by atoms with Crippen molar-refractivity contribution in [1.82, 2.24) is 9.88 Å². The summed E-state index contributed by atoms with van der Waals surface area (Å²) in [4.78, 5) is 24.3. The lowest BCUT2D eigenvalue weighted by Gasteiger charge is -2.20. The molecule has 1 aliphatic carbocycles. The predicted octanol–water partition coefficient (Wildman–Crippen LogP) is 3.51. The van der Waals surface area contributed by atoms with Gasteiger partial charge in [-0.15, -0.1) is 0 Å². The standard InChI is InChI=1S/C19H30N2O3/c1-4-21-14(2)12-17(15(21)3)19(23)24-13-18(22)20-16-10-8-6-5-7-9-11-16/h12,16H,4-11,13H2,1-3H3,(H,20,22). The Hall–Kier alpha value is -1.78. The van der Waals surface area contributed by atoms with Crippen molar-refractivity contribution in [3.8, 4) is 0 Å². The largest absolute Gasteiger partial charge is 0.452 e. The molecule has 1 aliphatic rings. The summed E-state index contributed by atoms with van der Waals surface area (Å²) < 4.78 is 7.28. The molecular formula is C19H30N2O3. The number of carbonyl (C=O) groups excluding carboxylic acids is 2. The first-order valence-electron chi connectivity index (χ1n) is 9.16. The Morgan fingerprint density at radius 2 is 1.79 bits per heavy atom. The van der Waals surface area contributed by atoms with Crippen LogP contribution in [0.25, 0.3) is 0 Å². The Morgan fingerprint density at radius 1 is 1.17 bits per heavy atom. The lowest BCUT2D eigenvalue weighted by Crippen LogP contribution is -2.38. The van der Waals surface area contributed by atoms with Crippen LogP contribution in [0, 0.1) is 13.8 Å². The van der Waals surface area contributed by atoms with E-state index in [1.54, 1.807) is 0 Å². The van der Waals surface area contributed by atoms with Gasteiger partial charge >= 0.3 is 5.97 Å². The maximum Gasteiger partial charge on any atom is 0.340 e. The highest BCUT2D eigenvalue weighted by Crippen LogP contribution is 2.18. The van der Waals surface area contributed by atoms with Crippen molar-refractivity contribution in [3.05, 3.63) is 23.0 Å². The van der Waals surface area contributed by atoms with Gasteiger partial charge in [0.15, 0.2) is 6.61 Å². The average molecular weight is 334 g/mol. The van der Waals surface area contributed by atoms with Gasteiger partial charge in [-0.3, -0.25) is 4.79 Å². The zero-order valence-corrected chi connectivity index (χ0v) is 15.2. The highest BCUT2D eigenvalue weighted by atomic mass is 16.5. The molecule has 1 fully saturated rings. The van der Waals surface area contributed by atoms with Crippen molar-refractivity contribution in [2.45, 2.75) is 78.3 Å². The van der Waals surface area contributed by atoms with Crippen LogP contribution in [0.2, 0.25) is 0 Å². The fraction of sp³-hybridized carbons (Fsp3) is 0.684. The van der Waals surface area contributed by atoms with Crippen molar-refractivity contribution < 1.29 is 14.3 Å². The van der Waals surface area contributed by atoms with E-state index in [4.69, 9.17) is 4.74 Å². The molecule has 1 N–H and O–H groups in total. The number of nitrogens with zero attached hydrogens (tertiary/aromatic N) is 1. The van der Waals surface area contributed by atoms with Crippen molar-refractivity contribution in [2.24, 2.45) is 0 Å². The molecule has 0 spiro atoms. The Balaban J connectivity index is 1.83. The van der Waals surface area contributed by atoms with Gasteiger partial charge in [-0.25, -0.2) is 4.79 Å². The van der Waals surface area contributed by atoms with Gasteiger partial charge < -0.3 is 14.6 Å². The molecule has 0 saturated heterocycles. The molecule has 0 aromatic carbocycles. The second-order valence-corrected chi connectivity index (χ2v) is 6.71. The van der Waals surface area contributed by atoms with Gasteiger partial charge in [0.1, 0.15) is 0 Å². The Labute approximate surface area is 144 Å². The average Bonchev–Trinajstić information content (AvgIpc) is 2.81. The molecule has 0 bridgehead atoms. The third kappa shape index (κ3) is 4.86. The molecule has 1 saturated carbocycles. The van der Waals surface area contributed by atoms with Crippen molar-refractivity contribution in [3.63, 3.8) is 0 Å². The lowest BCUT2D eigenvalue weighted by atomic mass is 9.97. The molecule has 5 nitrogen and oxygen atoms in total. The summed E-state index contributed by atoms with van der Waals surface area (Å²) in [6.07, 6.45) is 8.16. The summed E-state index contributed by atoms with van der Waals surface area (Å²) in [5, 5.41) is 3.01. The molecule has 1 amide bonds. The second kappa shape index (κ2) is 8.90. The maximum atomic E-state index is 12.2. The van der Waals surface area contributed by atoms with E-state index >= 15 is 0 Å². The molecule has 2 rings (SSSR count). The van der Waals surface area contributed by atoms with Crippen LogP contribution in [0.5, 0.6) is 0 Å². The smallest absolute Gasteiger partial charge is 0.340 e. The van der Waals surface area contributed by atoms with Crippen LogP contribution in [-0.2, 0) is 16.1 Å². The van der Waals surface area contributed by atoms with E-state index in [2.05, 4.69) is 9.88 Å². The molecular weight excluding hydrogens is 304 g/mol. The first-order chi connectivity index (χ1) is 11.5. The monoisotopic (exact) mass is 334 g/mol. The second-order valence-electron chi connectivity index (χ2n) is 6.71. The minimum absolute atomic E-state index is 0.196. The van der Waals surface area contributed by atoms with Gasteiger partial charge in [-0.05, 0) is 39.7 Å². The fourth-order valence-electron chi connectivity index (χ4n) is 3.57. The highest BCUT2D eigenvalue weighted by Gasteiger charge is 2.19. The minimum atomic E-state index is -0.421. The quantitative estimate of drug-likeness (QED) is 0.838. The number of aryl methyl sites for hydroxylation is 1. The maximum absolute atomic E-state index is 12.2. The zero-order valence-electron chi connectivity index (χ0n) is 15.2. The summed E-state index contributed by atoms with van der Waals surface area (Å²) in [6, 6.07) is 2.05. The minimum Gasteiger partial charge on any atom is -0.452 e. The van der Waals surface area contributed by atoms with Gasteiger partial charge in [0.2, 0.25) is 0 Å². The molecule has 5 heteroatoms.